The van der Waals surface area contributed by atoms with Gasteiger partial charge in [0.15, 0.2) is 0 Å². The van der Waals surface area contributed by atoms with E-state index in [1.54, 1.807) is 7.11 Å². The number of hydrogen-bond donors (Lipinski definition) is 1. The average molecular weight is 329 g/mol. The van der Waals surface area contributed by atoms with Gasteiger partial charge in [0.05, 0.1) is 17.7 Å². The zero-order chi connectivity index (χ0) is 16.4. The molecule has 0 bridgehead atoms. The number of fused-ring (bicyclic) bond motifs is 1. The van der Waals surface area contributed by atoms with Gasteiger partial charge in [0.25, 0.3) is 0 Å². The Kier molecular flexibility index (Phi) is 4.33. The van der Waals surface area contributed by atoms with Gasteiger partial charge >= 0.3 is 0 Å². The van der Waals surface area contributed by atoms with Crippen molar-refractivity contribution in [3.05, 3.63) is 65.3 Å². The van der Waals surface area contributed by atoms with Crippen molar-refractivity contribution in [2.24, 2.45) is 0 Å². The molecule has 0 fully saturated rings. The first kappa shape index (κ1) is 15.9. The molecule has 1 unspecified atom stereocenters. The number of halogens is 1. The lowest BCUT2D eigenvalue weighted by Gasteiger charge is -2.35. The van der Waals surface area contributed by atoms with Gasteiger partial charge in [-0.1, -0.05) is 36.7 Å². The standard InChI is InChI=1S/C19H21ClN2O/c1-3-19(13-23-2,14-7-9-15(20)10-8-14)22-12-11-16-17(21)5-4-6-18(16)22/h4-12H,3,13,21H2,1-2H3. The second kappa shape index (κ2) is 6.26. The maximum Gasteiger partial charge on any atom is 0.0926 e. The van der Waals surface area contributed by atoms with Crippen LogP contribution in [0.4, 0.5) is 5.69 Å². The minimum absolute atomic E-state index is 0.297. The Morgan fingerprint density at radius 1 is 1.13 bits per heavy atom. The molecule has 120 valence electrons. The van der Waals surface area contributed by atoms with Crippen molar-refractivity contribution in [3.63, 3.8) is 0 Å². The fraction of sp³-hybridized carbons (Fsp3) is 0.263. The van der Waals surface area contributed by atoms with E-state index in [1.807, 2.05) is 24.3 Å². The van der Waals surface area contributed by atoms with E-state index in [0.717, 1.165) is 28.0 Å². The van der Waals surface area contributed by atoms with Crippen molar-refractivity contribution >= 4 is 28.2 Å². The van der Waals surface area contributed by atoms with E-state index in [-0.39, 0.29) is 5.54 Å². The van der Waals surface area contributed by atoms with Gasteiger partial charge in [-0.25, -0.2) is 0 Å². The summed E-state index contributed by atoms with van der Waals surface area (Å²) in [4.78, 5) is 0. The molecule has 0 radical (unpaired) electrons. The van der Waals surface area contributed by atoms with Gasteiger partial charge in [-0.2, -0.15) is 0 Å². The monoisotopic (exact) mass is 328 g/mol. The van der Waals surface area contributed by atoms with E-state index >= 15 is 0 Å². The van der Waals surface area contributed by atoms with Crippen molar-refractivity contribution < 1.29 is 4.74 Å². The zero-order valence-corrected chi connectivity index (χ0v) is 14.2. The van der Waals surface area contributed by atoms with E-state index < -0.39 is 0 Å². The minimum atomic E-state index is -0.297. The van der Waals surface area contributed by atoms with E-state index in [9.17, 15) is 0 Å². The number of methoxy groups -OCH3 is 1. The van der Waals surface area contributed by atoms with Crippen LogP contribution in [0.1, 0.15) is 18.9 Å². The number of ether oxygens (including phenoxy) is 1. The molecule has 1 heterocycles. The van der Waals surface area contributed by atoms with Gasteiger partial charge in [0.2, 0.25) is 0 Å². The first-order chi connectivity index (χ1) is 11.1. The van der Waals surface area contributed by atoms with Crippen LogP contribution in [0.2, 0.25) is 5.02 Å². The summed E-state index contributed by atoms with van der Waals surface area (Å²) in [5, 5.41) is 1.80. The summed E-state index contributed by atoms with van der Waals surface area (Å²) < 4.78 is 7.87. The Morgan fingerprint density at radius 2 is 1.87 bits per heavy atom. The lowest BCUT2D eigenvalue weighted by molar-refractivity contribution is 0.111. The molecule has 0 aliphatic carbocycles. The highest BCUT2D eigenvalue weighted by molar-refractivity contribution is 6.30. The molecule has 0 aliphatic rings. The molecule has 3 rings (SSSR count). The molecule has 1 atom stereocenters. The van der Waals surface area contributed by atoms with Gasteiger partial charge in [-0.15, -0.1) is 0 Å². The number of nitrogens with two attached hydrogens (primary N) is 1. The molecule has 4 heteroatoms. The highest BCUT2D eigenvalue weighted by atomic mass is 35.5. The quantitative estimate of drug-likeness (QED) is 0.691. The van der Waals surface area contributed by atoms with Crippen LogP contribution in [0.25, 0.3) is 10.9 Å². The molecular weight excluding hydrogens is 308 g/mol. The molecule has 0 aliphatic heterocycles. The summed E-state index contributed by atoms with van der Waals surface area (Å²) in [5.74, 6) is 0. The van der Waals surface area contributed by atoms with Crippen LogP contribution in [-0.2, 0) is 10.3 Å². The van der Waals surface area contributed by atoms with Crippen LogP contribution in [0, 0.1) is 0 Å². The third-order valence-electron chi connectivity index (χ3n) is 4.58. The number of hydrogen-bond acceptors (Lipinski definition) is 2. The fourth-order valence-corrected chi connectivity index (χ4v) is 3.46. The molecule has 0 saturated heterocycles. The van der Waals surface area contributed by atoms with Crippen molar-refractivity contribution in [2.75, 3.05) is 19.5 Å². The second-order valence-electron chi connectivity index (χ2n) is 5.79. The first-order valence-electron chi connectivity index (χ1n) is 7.73. The number of anilines is 1. The van der Waals surface area contributed by atoms with Gasteiger partial charge < -0.3 is 15.0 Å². The maximum atomic E-state index is 6.12. The van der Waals surface area contributed by atoms with Crippen molar-refractivity contribution in [1.29, 1.82) is 0 Å². The summed E-state index contributed by atoms with van der Waals surface area (Å²) >= 11 is 6.07. The normalized spacial score (nSPS) is 14.0. The van der Waals surface area contributed by atoms with Crippen LogP contribution in [0.3, 0.4) is 0 Å². The van der Waals surface area contributed by atoms with Crippen LogP contribution >= 0.6 is 11.6 Å². The minimum Gasteiger partial charge on any atom is -0.398 e. The Hall–Kier alpha value is -1.97. The predicted octanol–water partition coefficient (Wildman–Crippen LogP) is 4.68. The van der Waals surface area contributed by atoms with E-state index in [0.29, 0.717) is 6.61 Å². The number of rotatable bonds is 5. The topological polar surface area (TPSA) is 40.2 Å². The number of aromatic nitrogens is 1. The molecule has 3 aromatic rings. The van der Waals surface area contributed by atoms with Crippen molar-refractivity contribution in [1.82, 2.24) is 4.57 Å². The highest BCUT2D eigenvalue weighted by Gasteiger charge is 2.33. The molecule has 1 aromatic heterocycles. The third-order valence-corrected chi connectivity index (χ3v) is 4.83. The van der Waals surface area contributed by atoms with Gasteiger partial charge in [0.1, 0.15) is 0 Å². The zero-order valence-electron chi connectivity index (χ0n) is 13.4. The van der Waals surface area contributed by atoms with Crippen LogP contribution in [0.5, 0.6) is 0 Å². The summed E-state index contributed by atoms with van der Waals surface area (Å²) in [5.41, 5.74) is 8.90. The summed E-state index contributed by atoms with van der Waals surface area (Å²) in [6.45, 7) is 2.75. The molecule has 2 N–H and O–H groups in total. The van der Waals surface area contributed by atoms with Crippen LogP contribution in [0.15, 0.2) is 54.7 Å². The van der Waals surface area contributed by atoms with Crippen molar-refractivity contribution in [2.45, 2.75) is 18.9 Å². The van der Waals surface area contributed by atoms with Crippen molar-refractivity contribution in [3.8, 4) is 0 Å². The molecule has 0 amide bonds. The first-order valence-corrected chi connectivity index (χ1v) is 8.11. The van der Waals surface area contributed by atoms with E-state index in [4.69, 9.17) is 22.1 Å². The average Bonchev–Trinajstić information content (AvgIpc) is 2.99. The molecule has 23 heavy (non-hydrogen) atoms. The summed E-state index contributed by atoms with van der Waals surface area (Å²) in [7, 11) is 1.74. The Balaban J connectivity index is 2.26. The van der Waals surface area contributed by atoms with E-state index in [2.05, 4.69) is 42.0 Å². The third kappa shape index (κ3) is 2.60. The lowest BCUT2D eigenvalue weighted by Crippen LogP contribution is -2.38. The number of nitrogen functional groups attached to an aromatic ring is 1. The summed E-state index contributed by atoms with van der Waals surface area (Å²) in [6, 6.07) is 16.1. The SMILES string of the molecule is CCC(COC)(c1ccc(Cl)cc1)n1ccc2c(N)cccc21. The molecular formula is C19H21ClN2O. The second-order valence-corrected chi connectivity index (χ2v) is 6.23. The smallest absolute Gasteiger partial charge is 0.0926 e. The highest BCUT2D eigenvalue weighted by Crippen LogP contribution is 2.36. The maximum absolute atomic E-state index is 6.12. The molecule has 3 nitrogen and oxygen atoms in total. The Morgan fingerprint density at radius 3 is 2.52 bits per heavy atom. The van der Waals surface area contributed by atoms with Gasteiger partial charge in [-0.05, 0) is 42.3 Å². The lowest BCUT2D eigenvalue weighted by atomic mass is 9.87. The van der Waals surface area contributed by atoms with Crippen LogP contribution < -0.4 is 5.73 Å². The van der Waals surface area contributed by atoms with Crippen LogP contribution in [-0.4, -0.2) is 18.3 Å². The largest absolute Gasteiger partial charge is 0.398 e. The van der Waals surface area contributed by atoms with Gasteiger partial charge in [0, 0.05) is 29.4 Å². The fourth-order valence-electron chi connectivity index (χ4n) is 3.33. The molecule has 0 spiro atoms. The molecule has 0 saturated carbocycles. The predicted molar refractivity (Wildman–Crippen MR) is 97.0 cm³/mol. The Bertz CT molecular complexity index is 810. The number of nitrogens with zero attached hydrogens (tertiary/aromatic N) is 1. The summed E-state index contributed by atoms with van der Waals surface area (Å²) in [6.07, 6.45) is 2.99. The number of benzene rings is 2. The molecule has 2 aromatic carbocycles. The van der Waals surface area contributed by atoms with E-state index in [1.165, 1.54) is 5.56 Å². The Labute approximate surface area is 141 Å². The van der Waals surface area contributed by atoms with Gasteiger partial charge in [-0.3, -0.25) is 0 Å².